The third kappa shape index (κ3) is 4.10. The fourth-order valence-electron chi connectivity index (χ4n) is 2.54. The first-order valence-electron chi connectivity index (χ1n) is 6.47. The van der Waals surface area contributed by atoms with E-state index in [2.05, 4.69) is 24.1 Å². The minimum absolute atomic E-state index is 0. The zero-order valence-electron chi connectivity index (χ0n) is 11.5. The second kappa shape index (κ2) is 6.24. The number of nitrogens with zero attached hydrogens (tertiary/aromatic N) is 1. The summed E-state index contributed by atoms with van der Waals surface area (Å²) < 4.78 is 0. The second-order valence-corrected chi connectivity index (χ2v) is 5.76. The average Bonchev–Trinajstić information content (AvgIpc) is 2.62. The van der Waals surface area contributed by atoms with Crippen LogP contribution in [0.1, 0.15) is 38.8 Å². The molecule has 1 aliphatic rings. The Labute approximate surface area is 120 Å². The predicted molar refractivity (Wildman–Crippen MR) is 79.2 cm³/mol. The van der Waals surface area contributed by atoms with Crippen LogP contribution in [0.25, 0.3) is 0 Å². The van der Waals surface area contributed by atoms with Crippen molar-refractivity contribution in [2.75, 3.05) is 5.73 Å². The van der Waals surface area contributed by atoms with Crippen LogP contribution in [0.5, 0.6) is 0 Å². The van der Waals surface area contributed by atoms with Gasteiger partial charge in [0.15, 0.2) is 0 Å². The Morgan fingerprint density at radius 2 is 2.26 bits per heavy atom. The van der Waals surface area contributed by atoms with Crippen LogP contribution < -0.4 is 11.1 Å². The molecule has 0 aromatic carbocycles. The van der Waals surface area contributed by atoms with Gasteiger partial charge in [-0.15, -0.1) is 12.4 Å². The molecule has 1 unspecified atom stereocenters. The van der Waals surface area contributed by atoms with Crippen LogP contribution in [0.2, 0.25) is 0 Å². The lowest BCUT2D eigenvalue weighted by Crippen LogP contribution is -2.42. The van der Waals surface area contributed by atoms with Crippen LogP contribution in [0, 0.1) is 5.41 Å². The molecule has 1 saturated carbocycles. The molecule has 1 atom stereocenters. The van der Waals surface area contributed by atoms with E-state index in [1.54, 1.807) is 18.3 Å². The van der Waals surface area contributed by atoms with Gasteiger partial charge in [-0.2, -0.15) is 0 Å². The molecule has 2 rings (SSSR count). The molecule has 19 heavy (non-hydrogen) atoms. The maximum absolute atomic E-state index is 12.0. The Morgan fingerprint density at radius 1 is 1.53 bits per heavy atom. The number of rotatable bonds is 3. The highest BCUT2D eigenvalue weighted by Gasteiger charge is 2.35. The molecule has 1 aliphatic carbocycles. The van der Waals surface area contributed by atoms with E-state index in [1.165, 1.54) is 12.8 Å². The molecular formula is C14H22ClN3O. The van der Waals surface area contributed by atoms with Gasteiger partial charge in [0.25, 0.3) is 0 Å². The SMILES string of the molecule is CC1(C)CCCC1NC(=O)Cc1ccc(N)cn1.Cl. The second-order valence-electron chi connectivity index (χ2n) is 5.76. The van der Waals surface area contributed by atoms with Gasteiger partial charge in [-0.3, -0.25) is 9.78 Å². The fraction of sp³-hybridized carbons (Fsp3) is 0.571. The van der Waals surface area contributed by atoms with Gasteiger partial charge in [-0.05, 0) is 30.4 Å². The van der Waals surface area contributed by atoms with E-state index in [1.807, 2.05) is 0 Å². The summed E-state index contributed by atoms with van der Waals surface area (Å²) in [4.78, 5) is 16.1. The van der Waals surface area contributed by atoms with E-state index >= 15 is 0 Å². The third-order valence-corrected chi connectivity index (χ3v) is 3.78. The fourth-order valence-corrected chi connectivity index (χ4v) is 2.54. The average molecular weight is 284 g/mol. The van der Waals surface area contributed by atoms with Crippen LogP contribution in [0.15, 0.2) is 18.3 Å². The molecule has 106 valence electrons. The van der Waals surface area contributed by atoms with Gasteiger partial charge >= 0.3 is 0 Å². The van der Waals surface area contributed by atoms with Gasteiger partial charge in [0.05, 0.1) is 18.3 Å². The largest absolute Gasteiger partial charge is 0.397 e. The molecule has 0 radical (unpaired) electrons. The number of nitrogens with one attached hydrogen (secondary N) is 1. The monoisotopic (exact) mass is 283 g/mol. The van der Waals surface area contributed by atoms with Crippen LogP contribution in [-0.2, 0) is 11.2 Å². The number of nitrogen functional groups attached to an aromatic ring is 1. The van der Waals surface area contributed by atoms with E-state index in [9.17, 15) is 4.79 Å². The minimum atomic E-state index is 0. The smallest absolute Gasteiger partial charge is 0.226 e. The van der Waals surface area contributed by atoms with E-state index in [0.29, 0.717) is 18.2 Å². The zero-order valence-corrected chi connectivity index (χ0v) is 12.3. The van der Waals surface area contributed by atoms with Crippen LogP contribution in [0.3, 0.4) is 0 Å². The molecule has 3 N–H and O–H groups in total. The lowest BCUT2D eigenvalue weighted by molar-refractivity contribution is -0.121. The lowest BCUT2D eigenvalue weighted by atomic mass is 9.87. The highest BCUT2D eigenvalue weighted by Crippen LogP contribution is 2.37. The number of halogens is 1. The number of amides is 1. The third-order valence-electron chi connectivity index (χ3n) is 3.78. The standard InChI is InChI=1S/C14H21N3O.ClH/c1-14(2)7-3-4-12(14)17-13(18)8-11-6-5-10(15)9-16-11;/h5-6,9,12H,3-4,7-8,15H2,1-2H3,(H,17,18);1H. The Kier molecular flexibility index (Phi) is 5.18. The Hall–Kier alpha value is -1.29. The highest BCUT2D eigenvalue weighted by molar-refractivity contribution is 5.85. The first-order valence-corrected chi connectivity index (χ1v) is 6.47. The van der Waals surface area contributed by atoms with E-state index in [-0.39, 0.29) is 23.7 Å². The number of carbonyl (C=O) groups excluding carboxylic acids is 1. The van der Waals surface area contributed by atoms with Crippen molar-refractivity contribution < 1.29 is 4.79 Å². The van der Waals surface area contributed by atoms with Crippen LogP contribution in [0.4, 0.5) is 5.69 Å². The maximum atomic E-state index is 12.0. The topological polar surface area (TPSA) is 68.0 Å². The summed E-state index contributed by atoms with van der Waals surface area (Å²) in [5.74, 6) is 0.0484. The van der Waals surface area contributed by atoms with Crippen LogP contribution in [-0.4, -0.2) is 16.9 Å². The number of anilines is 1. The van der Waals surface area contributed by atoms with Crippen LogP contribution >= 0.6 is 12.4 Å². The van der Waals surface area contributed by atoms with Gasteiger partial charge in [0.1, 0.15) is 0 Å². The number of aromatic nitrogens is 1. The minimum Gasteiger partial charge on any atom is -0.397 e. The molecule has 1 aromatic rings. The molecular weight excluding hydrogens is 262 g/mol. The summed E-state index contributed by atoms with van der Waals surface area (Å²) in [6.45, 7) is 4.43. The summed E-state index contributed by atoms with van der Waals surface area (Å²) in [5.41, 5.74) is 7.16. The first-order chi connectivity index (χ1) is 8.47. The Morgan fingerprint density at radius 3 is 2.79 bits per heavy atom. The summed E-state index contributed by atoms with van der Waals surface area (Å²) >= 11 is 0. The summed E-state index contributed by atoms with van der Waals surface area (Å²) in [5, 5.41) is 3.12. The molecule has 0 saturated heterocycles. The molecule has 1 amide bonds. The normalized spacial score (nSPS) is 20.6. The Bertz CT molecular complexity index is 431. The van der Waals surface area contributed by atoms with E-state index in [0.717, 1.165) is 12.1 Å². The molecule has 1 heterocycles. The van der Waals surface area contributed by atoms with Crippen molar-refractivity contribution in [1.82, 2.24) is 10.3 Å². The molecule has 1 fully saturated rings. The van der Waals surface area contributed by atoms with Crippen molar-refractivity contribution in [3.8, 4) is 0 Å². The molecule has 0 spiro atoms. The van der Waals surface area contributed by atoms with Crippen molar-refractivity contribution >= 4 is 24.0 Å². The van der Waals surface area contributed by atoms with Crippen molar-refractivity contribution in [2.45, 2.75) is 45.6 Å². The Balaban J connectivity index is 0.00000180. The van der Waals surface area contributed by atoms with Gasteiger partial charge in [-0.1, -0.05) is 20.3 Å². The van der Waals surface area contributed by atoms with Gasteiger partial charge in [-0.25, -0.2) is 0 Å². The number of carbonyl (C=O) groups is 1. The van der Waals surface area contributed by atoms with Crippen molar-refractivity contribution in [1.29, 1.82) is 0 Å². The first kappa shape index (κ1) is 15.8. The van der Waals surface area contributed by atoms with E-state index < -0.39 is 0 Å². The number of pyridine rings is 1. The van der Waals surface area contributed by atoms with Crippen molar-refractivity contribution in [3.63, 3.8) is 0 Å². The van der Waals surface area contributed by atoms with Gasteiger partial charge in [0.2, 0.25) is 5.91 Å². The van der Waals surface area contributed by atoms with Crippen molar-refractivity contribution in [3.05, 3.63) is 24.0 Å². The molecule has 0 aliphatic heterocycles. The predicted octanol–water partition coefficient (Wildman–Crippen LogP) is 2.32. The number of nitrogens with two attached hydrogens (primary N) is 1. The van der Waals surface area contributed by atoms with E-state index in [4.69, 9.17) is 5.73 Å². The molecule has 4 nitrogen and oxygen atoms in total. The summed E-state index contributed by atoms with van der Waals surface area (Å²) in [6.07, 6.45) is 5.36. The number of hydrogen-bond acceptors (Lipinski definition) is 3. The van der Waals surface area contributed by atoms with Gasteiger partial charge < -0.3 is 11.1 Å². The molecule has 5 heteroatoms. The quantitative estimate of drug-likeness (QED) is 0.894. The zero-order chi connectivity index (χ0) is 13.2. The lowest BCUT2D eigenvalue weighted by Gasteiger charge is -2.27. The van der Waals surface area contributed by atoms with Crippen molar-refractivity contribution in [2.24, 2.45) is 5.41 Å². The molecule has 0 bridgehead atoms. The summed E-state index contributed by atoms with van der Waals surface area (Å²) in [6, 6.07) is 3.86. The molecule has 1 aromatic heterocycles. The maximum Gasteiger partial charge on any atom is 0.226 e. The number of hydrogen-bond donors (Lipinski definition) is 2. The van der Waals surface area contributed by atoms with Gasteiger partial charge in [0, 0.05) is 11.7 Å². The summed E-state index contributed by atoms with van der Waals surface area (Å²) in [7, 11) is 0. The highest BCUT2D eigenvalue weighted by atomic mass is 35.5.